The number of benzene rings is 1. The van der Waals surface area contributed by atoms with Crippen molar-refractivity contribution >= 4 is 29.6 Å². The van der Waals surface area contributed by atoms with Crippen molar-refractivity contribution in [2.75, 3.05) is 7.11 Å². The van der Waals surface area contributed by atoms with Crippen LogP contribution in [0.2, 0.25) is 0 Å². The van der Waals surface area contributed by atoms with Crippen LogP contribution in [0.1, 0.15) is 19.4 Å². The summed E-state index contributed by atoms with van der Waals surface area (Å²) in [6, 6.07) is 6.44. The molecule has 0 aliphatic heterocycles. The molecule has 23 heavy (non-hydrogen) atoms. The average molecular weight is 376 g/mol. The molecule has 10 heteroatoms. The van der Waals surface area contributed by atoms with Crippen molar-refractivity contribution in [1.29, 1.82) is 0 Å². The van der Waals surface area contributed by atoms with Crippen LogP contribution in [0.3, 0.4) is 0 Å². The summed E-state index contributed by atoms with van der Waals surface area (Å²) in [4.78, 5) is 12.0. The molecule has 0 saturated carbocycles. The fraction of sp³-hybridized carbons (Fsp3) is 0.462. The second-order valence-corrected chi connectivity index (χ2v) is 6.29. The molecule has 1 amide bonds. The van der Waals surface area contributed by atoms with E-state index < -0.39 is 34.0 Å². The molecule has 0 heterocycles. The molecular weight excluding hydrogens is 362 g/mol. The fourth-order valence-electron chi connectivity index (χ4n) is 1.42. The molecule has 0 bridgehead atoms. The number of nitrogens with one attached hydrogen (secondary N) is 1. The summed E-state index contributed by atoms with van der Waals surface area (Å²) in [6.07, 6.45) is 0. The molecule has 0 aromatic heterocycles. The normalized spacial score (nSPS) is 12.9. The first-order chi connectivity index (χ1) is 10.4. The van der Waals surface area contributed by atoms with Gasteiger partial charge in [-0.2, -0.15) is 21.8 Å². The summed E-state index contributed by atoms with van der Waals surface area (Å²) >= 11 is 3.31. The Labute approximate surface area is 139 Å². The van der Waals surface area contributed by atoms with E-state index in [0.29, 0.717) is 11.3 Å². The number of alkyl halides is 5. The van der Waals surface area contributed by atoms with Crippen molar-refractivity contribution < 1.29 is 31.4 Å². The summed E-state index contributed by atoms with van der Waals surface area (Å²) in [6.45, 7) is 3.01. The zero-order valence-corrected chi connectivity index (χ0v) is 13.9. The number of carbonyl (C=O) groups is 1. The van der Waals surface area contributed by atoms with Gasteiger partial charge in [0.2, 0.25) is 0 Å². The van der Waals surface area contributed by atoms with Crippen molar-refractivity contribution in [3.63, 3.8) is 0 Å². The number of rotatable bonds is 7. The highest BCUT2D eigenvalue weighted by molar-refractivity contribution is 7.95. The van der Waals surface area contributed by atoms with Crippen molar-refractivity contribution in [2.24, 2.45) is 0 Å². The van der Waals surface area contributed by atoms with E-state index in [-0.39, 0.29) is 0 Å². The molecule has 0 unspecified atom stereocenters. The number of hydroxylamine groups is 1. The van der Waals surface area contributed by atoms with Gasteiger partial charge in [-0.15, -0.1) is 0 Å². The molecule has 0 atom stereocenters. The number of amides is 1. The lowest BCUT2D eigenvalue weighted by Crippen LogP contribution is -2.40. The van der Waals surface area contributed by atoms with Gasteiger partial charge in [-0.25, -0.2) is 5.48 Å². The van der Waals surface area contributed by atoms with Gasteiger partial charge in [0.25, 0.3) is 5.91 Å². The average Bonchev–Trinajstić information content (AvgIpc) is 2.45. The molecule has 1 N–H and O–H groups in total. The number of ether oxygens (including phenoxy) is 1. The largest absolute Gasteiger partial charge is 0.497 e. The van der Waals surface area contributed by atoms with E-state index in [1.165, 1.54) is 21.0 Å². The minimum absolute atomic E-state index is 0.541. The third-order valence-corrected chi connectivity index (χ3v) is 3.97. The van der Waals surface area contributed by atoms with E-state index in [1.54, 1.807) is 29.7 Å². The first-order valence-electron chi connectivity index (χ1n) is 6.16. The Bertz CT molecular complexity index is 549. The molecule has 0 aliphatic rings. The highest BCUT2D eigenvalue weighted by Gasteiger charge is 2.57. The minimum Gasteiger partial charge on any atom is -0.497 e. The first-order valence-corrected chi connectivity index (χ1v) is 7.28. The molecule has 1 aromatic rings. The summed E-state index contributed by atoms with van der Waals surface area (Å²) in [7, 11) is 1.48. The molecule has 0 radical (unpaired) electrons. The van der Waals surface area contributed by atoms with Gasteiger partial charge in [0.1, 0.15) is 17.8 Å². The molecule has 4 nitrogen and oxygen atoms in total. The van der Waals surface area contributed by atoms with E-state index in [9.17, 15) is 22.4 Å². The van der Waals surface area contributed by atoms with Crippen molar-refractivity contribution in [3.05, 3.63) is 29.8 Å². The smallest absolute Gasteiger partial charge is 0.396 e. The maximum atomic E-state index is 12.9. The maximum Gasteiger partial charge on any atom is 0.396 e. The van der Waals surface area contributed by atoms with E-state index >= 15 is 0 Å². The van der Waals surface area contributed by atoms with Gasteiger partial charge in [-0.3, -0.25) is 4.79 Å². The van der Waals surface area contributed by atoms with Crippen LogP contribution in [-0.2, 0) is 14.5 Å². The quantitative estimate of drug-likeness (QED) is 0.337. The molecule has 0 fully saturated rings. The summed E-state index contributed by atoms with van der Waals surface area (Å²) < 4.78 is 59.6. The van der Waals surface area contributed by atoms with Crippen LogP contribution >= 0.6 is 23.6 Å². The molecule has 0 spiro atoms. The molecule has 1 aromatic carbocycles. The van der Waals surface area contributed by atoms with E-state index in [0.717, 1.165) is 0 Å². The Hall–Kier alpha value is -1.19. The number of hydrogen-bond acceptors (Lipinski definition) is 4. The van der Waals surface area contributed by atoms with Crippen LogP contribution in [-0.4, -0.2) is 23.7 Å². The second kappa shape index (κ2) is 7.14. The molecule has 0 aliphatic carbocycles. The van der Waals surface area contributed by atoms with Crippen molar-refractivity contribution in [3.8, 4) is 5.75 Å². The van der Waals surface area contributed by atoms with Crippen molar-refractivity contribution in [1.82, 2.24) is 5.48 Å². The Kier molecular flexibility index (Phi) is 6.17. The summed E-state index contributed by atoms with van der Waals surface area (Å²) in [5.74, 6) is -0.232. The Morgan fingerprint density at radius 3 is 2.13 bits per heavy atom. The minimum atomic E-state index is -4.81. The maximum absolute atomic E-state index is 12.9. The summed E-state index contributed by atoms with van der Waals surface area (Å²) in [5.41, 5.74) is 1.08. The highest BCUT2D eigenvalue weighted by Crippen LogP contribution is 2.45. The zero-order valence-electron chi connectivity index (χ0n) is 12.3. The molecular formula is C13H14ClF4NO3S. The SMILES string of the molecule is COc1ccc(C(C)(C)C(=O)NOSC(F)(F)C(F)(F)Cl)cc1. The van der Waals surface area contributed by atoms with Crippen LogP contribution in [0.5, 0.6) is 5.75 Å². The van der Waals surface area contributed by atoms with Crippen LogP contribution in [0.4, 0.5) is 17.6 Å². The van der Waals surface area contributed by atoms with Gasteiger partial charge in [-0.1, -0.05) is 12.1 Å². The topological polar surface area (TPSA) is 47.6 Å². The third kappa shape index (κ3) is 4.89. The standard InChI is InChI=1S/C13H14ClF4NO3S/c1-11(2,8-4-6-9(21-3)7-5-8)10(20)19-22-23-13(17,18)12(14,15)16/h4-7H,1-3H3,(H,19,20). The number of halogens is 5. The van der Waals surface area contributed by atoms with Crippen LogP contribution < -0.4 is 10.2 Å². The second-order valence-electron chi connectivity index (χ2n) is 4.97. The first kappa shape index (κ1) is 19.9. The monoisotopic (exact) mass is 375 g/mol. The highest BCUT2D eigenvalue weighted by atomic mass is 35.5. The number of hydrogen-bond donors (Lipinski definition) is 1. The molecule has 0 saturated heterocycles. The lowest BCUT2D eigenvalue weighted by molar-refractivity contribution is -0.133. The van der Waals surface area contributed by atoms with Crippen LogP contribution in [0.15, 0.2) is 24.3 Å². The Balaban J connectivity index is 2.69. The Morgan fingerprint density at radius 2 is 1.70 bits per heavy atom. The van der Waals surface area contributed by atoms with Crippen LogP contribution in [0, 0.1) is 0 Å². The van der Waals surface area contributed by atoms with E-state index in [4.69, 9.17) is 4.74 Å². The van der Waals surface area contributed by atoms with Crippen LogP contribution in [0.25, 0.3) is 0 Å². The molecule has 130 valence electrons. The summed E-state index contributed by atoms with van der Waals surface area (Å²) in [5, 5.41) is -9.51. The van der Waals surface area contributed by atoms with Gasteiger partial charge in [0.15, 0.2) is 0 Å². The van der Waals surface area contributed by atoms with Gasteiger partial charge in [0.05, 0.1) is 12.5 Å². The van der Waals surface area contributed by atoms with Gasteiger partial charge < -0.3 is 4.74 Å². The van der Waals surface area contributed by atoms with Gasteiger partial charge in [-0.05, 0) is 43.1 Å². The fourth-order valence-corrected chi connectivity index (χ4v) is 1.84. The van der Waals surface area contributed by atoms with Gasteiger partial charge >= 0.3 is 10.6 Å². The van der Waals surface area contributed by atoms with Crippen molar-refractivity contribution in [2.45, 2.75) is 29.9 Å². The Morgan fingerprint density at radius 1 is 1.17 bits per heavy atom. The van der Waals surface area contributed by atoms with Gasteiger partial charge in [0, 0.05) is 0 Å². The number of carbonyl (C=O) groups excluding carboxylic acids is 1. The lowest BCUT2D eigenvalue weighted by Gasteiger charge is -2.24. The number of methoxy groups -OCH3 is 1. The van der Waals surface area contributed by atoms with E-state index in [2.05, 4.69) is 15.9 Å². The predicted octanol–water partition coefficient (Wildman–Crippen LogP) is 4.09. The van der Waals surface area contributed by atoms with E-state index in [1.807, 2.05) is 0 Å². The zero-order chi connectivity index (χ0) is 17.9. The lowest BCUT2D eigenvalue weighted by atomic mass is 9.84. The molecule has 1 rings (SSSR count). The third-order valence-electron chi connectivity index (χ3n) is 2.99. The predicted molar refractivity (Wildman–Crippen MR) is 78.6 cm³/mol.